The third-order valence-electron chi connectivity index (χ3n) is 4.20. The van der Waals surface area contributed by atoms with Crippen molar-refractivity contribution in [2.45, 2.75) is 45.8 Å². The van der Waals surface area contributed by atoms with Crippen LogP contribution in [-0.2, 0) is 9.31 Å². The molecule has 20 heavy (non-hydrogen) atoms. The lowest BCUT2D eigenvalue weighted by molar-refractivity contribution is -0.0435. The quantitative estimate of drug-likeness (QED) is 0.858. The van der Waals surface area contributed by atoms with Crippen molar-refractivity contribution in [3.05, 3.63) is 30.1 Å². The Hall–Kier alpha value is -1.40. The Morgan fingerprint density at radius 2 is 2.00 bits per heavy atom. The summed E-state index contributed by atoms with van der Waals surface area (Å²) in [6.07, 6.45) is 1.58. The lowest BCUT2D eigenvalue weighted by atomic mass is 9.79. The predicted molar refractivity (Wildman–Crippen MR) is 76.9 cm³/mol. The zero-order valence-electron chi connectivity index (χ0n) is 12.6. The van der Waals surface area contributed by atoms with Gasteiger partial charge in [0.1, 0.15) is 5.69 Å². The third kappa shape index (κ3) is 2.58. The molecule has 0 aromatic carbocycles. The molecular formula is C14H21BN2O3. The summed E-state index contributed by atoms with van der Waals surface area (Å²) < 4.78 is 11.8. The van der Waals surface area contributed by atoms with Crippen molar-refractivity contribution in [2.75, 3.05) is 0 Å². The SMILES string of the molecule is CC(C)C1(C)OB(NC(=O)c2ccccn2)OC1(C)C. The van der Waals surface area contributed by atoms with Crippen LogP contribution in [0.15, 0.2) is 24.4 Å². The average molecular weight is 276 g/mol. The van der Waals surface area contributed by atoms with E-state index in [-0.39, 0.29) is 11.8 Å². The molecule has 1 fully saturated rings. The van der Waals surface area contributed by atoms with E-state index in [1.807, 2.05) is 20.8 Å². The van der Waals surface area contributed by atoms with Gasteiger partial charge in [0.15, 0.2) is 0 Å². The summed E-state index contributed by atoms with van der Waals surface area (Å²) in [6.45, 7) is 10.1. The molecule has 1 amide bonds. The van der Waals surface area contributed by atoms with Crippen molar-refractivity contribution < 1.29 is 14.1 Å². The van der Waals surface area contributed by atoms with Gasteiger partial charge in [0.05, 0.1) is 11.2 Å². The normalized spacial score (nSPS) is 25.0. The minimum atomic E-state index is -0.757. The number of hydrogen-bond acceptors (Lipinski definition) is 4. The van der Waals surface area contributed by atoms with E-state index in [0.29, 0.717) is 5.69 Å². The van der Waals surface area contributed by atoms with Gasteiger partial charge in [-0.25, -0.2) is 0 Å². The fraction of sp³-hybridized carbons (Fsp3) is 0.571. The summed E-state index contributed by atoms with van der Waals surface area (Å²) in [4.78, 5) is 16.1. The van der Waals surface area contributed by atoms with Gasteiger partial charge < -0.3 is 14.5 Å². The van der Waals surface area contributed by atoms with Crippen molar-refractivity contribution in [1.29, 1.82) is 0 Å². The molecular weight excluding hydrogens is 255 g/mol. The maximum Gasteiger partial charge on any atom is 0.594 e. The van der Waals surface area contributed by atoms with Gasteiger partial charge in [-0.15, -0.1) is 0 Å². The van der Waals surface area contributed by atoms with Gasteiger partial charge in [0.25, 0.3) is 5.91 Å². The van der Waals surface area contributed by atoms with Crippen LogP contribution in [0.25, 0.3) is 0 Å². The molecule has 6 heteroatoms. The highest BCUT2D eigenvalue weighted by molar-refractivity contribution is 6.47. The number of nitrogens with zero attached hydrogens (tertiary/aromatic N) is 1. The summed E-state index contributed by atoms with van der Waals surface area (Å²) in [6, 6.07) is 5.18. The number of carbonyl (C=O) groups excluding carboxylic acids is 1. The van der Waals surface area contributed by atoms with Crippen LogP contribution in [0.4, 0.5) is 0 Å². The highest BCUT2D eigenvalue weighted by atomic mass is 16.7. The van der Waals surface area contributed by atoms with Crippen LogP contribution in [0.3, 0.4) is 0 Å². The van der Waals surface area contributed by atoms with Crippen LogP contribution in [0.5, 0.6) is 0 Å². The van der Waals surface area contributed by atoms with Crippen LogP contribution in [0.2, 0.25) is 0 Å². The van der Waals surface area contributed by atoms with E-state index in [2.05, 4.69) is 24.1 Å². The molecule has 2 rings (SSSR count). The minimum absolute atomic E-state index is 0.259. The first-order chi connectivity index (χ1) is 9.26. The van der Waals surface area contributed by atoms with Crippen LogP contribution in [0.1, 0.15) is 45.1 Å². The van der Waals surface area contributed by atoms with Crippen molar-refractivity contribution in [1.82, 2.24) is 10.2 Å². The lowest BCUT2D eigenvalue weighted by Gasteiger charge is -2.39. The highest BCUT2D eigenvalue weighted by Crippen LogP contribution is 2.41. The maximum absolute atomic E-state index is 12.1. The number of pyridine rings is 1. The molecule has 0 saturated carbocycles. The largest absolute Gasteiger partial charge is 0.594 e. The molecule has 1 aromatic heterocycles. The number of carbonyl (C=O) groups is 1. The monoisotopic (exact) mass is 276 g/mol. The van der Waals surface area contributed by atoms with Gasteiger partial charge >= 0.3 is 7.25 Å². The predicted octanol–water partition coefficient (Wildman–Crippen LogP) is 2.04. The first-order valence-electron chi connectivity index (χ1n) is 6.84. The van der Waals surface area contributed by atoms with Crippen molar-refractivity contribution >= 4 is 13.2 Å². The highest BCUT2D eigenvalue weighted by Gasteiger charge is 2.56. The number of rotatable bonds is 3. The fourth-order valence-corrected chi connectivity index (χ4v) is 2.34. The van der Waals surface area contributed by atoms with E-state index < -0.39 is 18.5 Å². The van der Waals surface area contributed by atoms with Gasteiger partial charge in [-0.2, -0.15) is 0 Å². The molecule has 1 saturated heterocycles. The van der Waals surface area contributed by atoms with E-state index in [9.17, 15) is 4.79 Å². The first kappa shape index (κ1) is 15.0. The molecule has 108 valence electrons. The molecule has 1 aromatic rings. The molecule has 1 aliphatic heterocycles. The molecule has 0 aliphatic carbocycles. The van der Waals surface area contributed by atoms with E-state index in [0.717, 1.165) is 0 Å². The van der Waals surface area contributed by atoms with Crippen molar-refractivity contribution in [2.24, 2.45) is 5.92 Å². The molecule has 0 radical (unpaired) electrons. The molecule has 1 N–H and O–H groups in total. The van der Waals surface area contributed by atoms with Crippen molar-refractivity contribution in [3.8, 4) is 0 Å². The van der Waals surface area contributed by atoms with E-state index >= 15 is 0 Å². The van der Waals surface area contributed by atoms with Crippen LogP contribution < -0.4 is 5.23 Å². The second kappa shape index (κ2) is 5.18. The van der Waals surface area contributed by atoms with Crippen LogP contribution >= 0.6 is 0 Å². The number of nitrogens with one attached hydrogen (secondary N) is 1. The maximum atomic E-state index is 12.1. The molecule has 1 aliphatic rings. The van der Waals surface area contributed by atoms with Crippen LogP contribution in [-0.4, -0.2) is 29.3 Å². The van der Waals surface area contributed by atoms with Gasteiger partial charge in [0, 0.05) is 6.20 Å². The Morgan fingerprint density at radius 3 is 2.50 bits per heavy atom. The number of hydrogen-bond donors (Lipinski definition) is 1. The zero-order valence-corrected chi connectivity index (χ0v) is 12.6. The summed E-state index contributed by atoms with van der Waals surface area (Å²) in [5.74, 6) is -0.0475. The Balaban J connectivity index is 2.08. The third-order valence-corrected chi connectivity index (χ3v) is 4.20. The Labute approximate surface area is 120 Å². The first-order valence-corrected chi connectivity index (χ1v) is 6.84. The van der Waals surface area contributed by atoms with Gasteiger partial charge in [0.2, 0.25) is 0 Å². The smallest absolute Gasteiger partial charge is 0.384 e. The van der Waals surface area contributed by atoms with Gasteiger partial charge in [-0.05, 0) is 38.8 Å². The fourth-order valence-electron chi connectivity index (χ4n) is 2.34. The standard InChI is InChI=1S/C14H21BN2O3/c1-10(2)14(5)13(3,4)19-15(20-14)17-12(18)11-8-6-7-9-16-11/h6-10H,1-5H3,(H,17,18). The van der Waals surface area contributed by atoms with Crippen LogP contribution in [0, 0.1) is 5.92 Å². The topological polar surface area (TPSA) is 60.5 Å². The van der Waals surface area contributed by atoms with Crippen molar-refractivity contribution in [3.63, 3.8) is 0 Å². The molecule has 0 bridgehead atoms. The Morgan fingerprint density at radius 1 is 1.30 bits per heavy atom. The molecule has 1 unspecified atom stereocenters. The molecule has 5 nitrogen and oxygen atoms in total. The molecule has 0 spiro atoms. The summed E-state index contributed by atoms with van der Waals surface area (Å²) in [5.41, 5.74) is -0.603. The van der Waals surface area contributed by atoms with E-state index in [4.69, 9.17) is 9.31 Å². The molecule has 2 heterocycles. The minimum Gasteiger partial charge on any atom is -0.384 e. The lowest BCUT2D eigenvalue weighted by Crippen LogP contribution is -2.49. The zero-order chi connectivity index (χ0) is 15.0. The Bertz CT molecular complexity index is 492. The van der Waals surface area contributed by atoms with Gasteiger partial charge in [-0.3, -0.25) is 9.78 Å². The second-order valence-electron chi connectivity index (χ2n) is 6.03. The van der Waals surface area contributed by atoms with E-state index in [1.165, 1.54) is 0 Å². The summed E-state index contributed by atoms with van der Waals surface area (Å²) in [5, 5.41) is 2.71. The van der Waals surface area contributed by atoms with E-state index in [1.54, 1.807) is 24.4 Å². The average Bonchev–Trinajstić information content (AvgIpc) is 2.61. The second-order valence-corrected chi connectivity index (χ2v) is 6.03. The Kier molecular flexibility index (Phi) is 3.89. The molecule has 1 atom stereocenters. The summed E-state index contributed by atoms with van der Waals surface area (Å²) in [7, 11) is -0.757. The number of amides is 1. The van der Waals surface area contributed by atoms with Gasteiger partial charge in [-0.1, -0.05) is 19.9 Å². The number of aromatic nitrogens is 1. The summed E-state index contributed by atoms with van der Waals surface area (Å²) >= 11 is 0.